The molecule has 0 saturated heterocycles. The van der Waals surface area contributed by atoms with Crippen molar-refractivity contribution in [2.75, 3.05) is 7.11 Å². The average molecular weight is 292 g/mol. The number of carbonyl (C=O) groups is 1. The number of amides is 1. The van der Waals surface area contributed by atoms with Crippen LogP contribution in [0.4, 0.5) is 0 Å². The van der Waals surface area contributed by atoms with E-state index >= 15 is 0 Å². The first-order valence-electron chi connectivity index (χ1n) is 6.04. The molecule has 0 bridgehead atoms. The maximum atomic E-state index is 11.0. The van der Waals surface area contributed by atoms with Crippen LogP contribution in [0.3, 0.4) is 0 Å². The highest BCUT2D eigenvalue weighted by Gasteiger charge is 2.11. The molecule has 20 heavy (non-hydrogen) atoms. The molecular weight excluding hydrogens is 276 g/mol. The molecule has 0 spiro atoms. The molecule has 1 aromatic heterocycles. The number of benzene rings is 1. The van der Waals surface area contributed by atoms with Crippen LogP contribution in [0.5, 0.6) is 5.75 Å². The number of methoxy groups -OCH3 is 1. The molecular formula is C13H16N4O2S. The summed E-state index contributed by atoms with van der Waals surface area (Å²) in [6, 6.07) is 7.81. The zero-order valence-electron chi connectivity index (χ0n) is 11.4. The van der Waals surface area contributed by atoms with Gasteiger partial charge in [0.2, 0.25) is 5.91 Å². The van der Waals surface area contributed by atoms with Crippen LogP contribution in [-0.2, 0) is 17.1 Å². The Hall–Kier alpha value is -2.02. The summed E-state index contributed by atoms with van der Waals surface area (Å²) in [7, 11) is 1.64. The Balaban J connectivity index is 2.08. The number of hydrogen-bond donors (Lipinski definition) is 1. The van der Waals surface area contributed by atoms with Gasteiger partial charge in [0.1, 0.15) is 18.1 Å². The lowest BCUT2D eigenvalue weighted by molar-refractivity contribution is -0.118. The molecule has 1 aromatic carbocycles. The number of aryl methyl sites for hydroxylation is 1. The zero-order valence-corrected chi connectivity index (χ0v) is 12.2. The number of ether oxygens (including phenoxy) is 1. The first-order valence-corrected chi connectivity index (χ1v) is 7.02. The lowest BCUT2D eigenvalue weighted by atomic mass is 10.2. The van der Waals surface area contributed by atoms with Gasteiger partial charge in [0.05, 0.1) is 7.11 Å². The lowest BCUT2D eigenvalue weighted by Crippen LogP contribution is -2.20. The van der Waals surface area contributed by atoms with E-state index in [0.717, 1.165) is 11.3 Å². The summed E-state index contributed by atoms with van der Waals surface area (Å²) in [4.78, 5) is 11.0. The third-order valence-electron chi connectivity index (χ3n) is 2.72. The van der Waals surface area contributed by atoms with Gasteiger partial charge < -0.3 is 10.5 Å². The van der Waals surface area contributed by atoms with Crippen molar-refractivity contribution in [3.63, 3.8) is 0 Å². The van der Waals surface area contributed by atoms with E-state index in [2.05, 4.69) is 10.2 Å². The fraction of sp³-hybridized carbons (Fsp3) is 0.308. The van der Waals surface area contributed by atoms with Crippen molar-refractivity contribution in [2.24, 2.45) is 5.73 Å². The summed E-state index contributed by atoms with van der Waals surface area (Å²) < 4.78 is 6.90. The number of rotatable bonds is 6. The maximum absolute atomic E-state index is 11.0. The van der Waals surface area contributed by atoms with E-state index in [1.54, 1.807) is 18.6 Å². The van der Waals surface area contributed by atoms with Crippen LogP contribution in [-0.4, -0.2) is 27.8 Å². The highest BCUT2D eigenvalue weighted by Crippen LogP contribution is 2.23. The third kappa shape index (κ3) is 3.51. The molecule has 0 fully saturated rings. The quantitative estimate of drug-likeness (QED) is 0.813. The van der Waals surface area contributed by atoms with E-state index in [0.29, 0.717) is 16.7 Å². The molecule has 2 aromatic rings. The largest absolute Gasteiger partial charge is 0.497 e. The fourth-order valence-electron chi connectivity index (χ4n) is 1.72. The molecule has 2 N–H and O–H groups in total. The Morgan fingerprint density at radius 3 is 2.95 bits per heavy atom. The van der Waals surface area contributed by atoms with Crippen LogP contribution < -0.4 is 10.5 Å². The van der Waals surface area contributed by atoms with Crippen LogP contribution in [0.25, 0.3) is 0 Å². The van der Waals surface area contributed by atoms with Crippen molar-refractivity contribution < 1.29 is 9.53 Å². The van der Waals surface area contributed by atoms with Gasteiger partial charge in [0.25, 0.3) is 0 Å². The van der Waals surface area contributed by atoms with E-state index < -0.39 is 5.91 Å². The average Bonchev–Trinajstić information content (AvgIpc) is 2.77. The molecule has 2 rings (SSSR count). The summed E-state index contributed by atoms with van der Waals surface area (Å²) in [5.74, 6) is 1.81. The predicted octanol–water partition coefficient (Wildman–Crippen LogP) is 1.37. The minimum atomic E-state index is -0.406. The molecule has 1 amide bonds. The van der Waals surface area contributed by atoms with Crippen LogP contribution in [0.2, 0.25) is 0 Å². The molecule has 0 aliphatic heterocycles. The molecule has 0 aliphatic rings. The van der Waals surface area contributed by atoms with Crippen molar-refractivity contribution in [2.45, 2.75) is 24.4 Å². The van der Waals surface area contributed by atoms with E-state index in [1.807, 2.05) is 24.3 Å². The molecule has 0 saturated carbocycles. The second-order valence-corrected chi connectivity index (χ2v) is 5.16. The number of nitrogens with two attached hydrogens (primary N) is 1. The molecule has 0 radical (unpaired) electrons. The number of primary amides is 1. The van der Waals surface area contributed by atoms with Gasteiger partial charge in [-0.1, -0.05) is 23.9 Å². The highest BCUT2D eigenvalue weighted by atomic mass is 32.2. The summed E-state index contributed by atoms with van der Waals surface area (Å²) >= 11 is 1.51. The van der Waals surface area contributed by atoms with Crippen molar-refractivity contribution in [1.82, 2.24) is 14.8 Å². The molecule has 6 nitrogen and oxygen atoms in total. The van der Waals surface area contributed by atoms with Crippen molar-refractivity contribution in [3.05, 3.63) is 35.7 Å². The summed E-state index contributed by atoms with van der Waals surface area (Å²) in [5, 5.41) is 8.72. The third-order valence-corrected chi connectivity index (χ3v) is 3.76. The fourth-order valence-corrected chi connectivity index (χ4v) is 2.64. The van der Waals surface area contributed by atoms with Crippen LogP contribution >= 0.6 is 11.8 Å². The molecule has 106 valence electrons. The van der Waals surface area contributed by atoms with Gasteiger partial charge in [-0.25, -0.2) is 0 Å². The molecule has 0 aliphatic carbocycles. The van der Waals surface area contributed by atoms with Gasteiger partial charge in [-0.2, -0.15) is 0 Å². The smallest absolute Gasteiger partial charge is 0.237 e. The minimum absolute atomic E-state index is 0.0965. The van der Waals surface area contributed by atoms with Crippen molar-refractivity contribution in [3.8, 4) is 5.75 Å². The number of nitrogens with zero attached hydrogens (tertiary/aromatic N) is 3. The topological polar surface area (TPSA) is 83.0 Å². The van der Waals surface area contributed by atoms with Gasteiger partial charge in [0, 0.05) is 5.75 Å². The van der Waals surface area contributed by atoms with Gasteiger partial charge in [0.15, 0.2) is 5.16 Å². The first kappa shape index (κ1) is 14.4. The number of thioether (sulfide) groups is 1. The Morgan fingerprint density at radius 1 is 1.45 bits per heavy atom. The van der Waals surface area contributed by atoms with Crippen molar-refractivity contribution >= 4 is 17.7 Å². The highest BCUT2D eigenvalue weighted by molar-refractivity contribution is 7.98. The monoisotopic (exact) mass is 292 g/mol. The summed E-state index contributed by atoms with van der Waals surface area (Å²) in [6.07, 6.45) is 0. The molecule has 7 heteroatoms. The molecule has 1 heterocycles. The van der Waals surface area contributed by atoms with Gasteiger partial charge in [-0.3, -0.25) is 9.36 Å². The van der Waals surface area contributed by atoms with Crippen LogP contribution in [0, 0.1) is 6.92 Å². The Morgan fingerprint density at radius 2 is 2.25 bits per heavy atom. The van der Waals surface area contributed by atoms with Crippen LogP contribution in [0.1, 0.15) is 11.4 Å². The number of hydrogen-bond acceptors (Lipinski definition) is 5. The first-order chi connectivity index (χ1) is 9.60. The number of aromatic nitrogens is 3. The van der Waals surface area contributed by atoms with E-state index in [-0.39, 0.29) is 6.54 Å². The van der Waals surface area contributed by atoms with E-state index in [9.17, 15) is 4.79 Å². The predicted molar refractivity (Wildman–Crippen MR) is 76.5 cm³/mol. The Kier molecular flexibility index (Phi) is 4.62. The normalized spacial score (nSPS) is 10.5. The van der Waals surface area contributed by atoms with E-state index in [4.69, 9.17) is 10.5 Å². The second-order valence-electron chi connectivity index (χ2n) is 4.22. The van der Waals surface area contributed by atoms with Crippen LogP contribution in [0.15, 0.2) is 29.4 Å². The molecule has 0 atom stereocenters. The Labute approximate surface area is 121 Å². The standard InChI is InChI=1S/C13H16N4O2S/c1-9-15-16-13(17(9)7-12(14)18)20-8-10-4-3-5-11(6-10)19-2/h3-6H,7-8H2,1-2H3,(H2,14,18). The minimum Gasteiger partial charge on any atom is -0.497 e. The Bertz CT molecular complexity index is 612. The lowest BCUT2D eigenvalue weighted by Gasteiger charge is -2.06. The van der Waals surface area contributed by atoms with Crippen molar-refractivity contribution in [1.29, 1.82) is 0 Å². The number of carbonyl (C=O) groups excluding carboxylic acids is 1. The van der Waals surface area contributed by atoms with Gasteiger partial charge in [-0.15, -0.1) is 10.2 Å². The zero-order chi connectivity index (χ0) is 14.5. The molecule has 0 unspecified atom stereocenters. The maximum Gasteiger partial charge on any atom is 0.237 e. The summed E-state index contributed by atoms with van der Waals surface area (Å²) in [6.45, 7) is 1.89. The van der Waals surface area contributed by atoms with E-state index in [1.165, 1.54) is 11.8 Å². The SMILES string of the molecule is COc1cccc(CSc2nnc(C)n2CC(N)=O)c1. The summed E-state index contributed by atoms with van der Waals surface area (Å²) in [5.41, 5.74) is 6.34. The second kappa shape index (κ2) is 6.42. The van der Waals surface area contributed by atoms with Gasteiger partial charge >= 0.3 is 0 Å². The van der Waals surface area contributed by atoms with Gasteiger partial charge in [-0.05, 0) is 24.6 Å².